The van der Waals surface area contributed by atoms with Crippen molar-refractivity contribution < 1.29 is 25.1 Å². The van der Waals surface area contributed by atoms with E-state index in [4.69, 9.17) is 20.3 Å². The molecular formula is C13H21BO5. The molecule has 0 aromatic rings. The van der Waals surface area contributed by atoms with Crippen LogP contribution < -0.4 is 0 Å². The highest BCUT2D eigenvalue weighted by Gasteiger charge is 2.31. The standard InChI is InChI=1S/C7H7BO3.C6H14O2/c9-5-6-3-1-2-4-7(6)8(10)11;1-5(2,7)6(3,4)8/h1-4,7,10-11H;7-8H,1-4H3. The number of hydrogen-bond donors (Lipinski definition) is 4. The molecule has 0 radical (unpaired) electrons. The largest absolute Gasteiger partial charge is 0.464 e. The molecule has 0 aromatic carbocycles. The van der Waals surface area contributed by atoms with Crippen LogP contribution in [0.25, 0.3) is 0 Å². The smallest absolute Gasteiger partial charge is 0.426 e. The van der Waals surface area contributed by atoms with Gasteiger partial charge in [-0.2, -0.15) is 0 Å². The first-order valence-corrected chi connectivity index (χ1v) is 5.91. The van der Waals surface area contributed by atoms with Crippen LogP contribution in [0.5, 0.6) is 0 Å². The summed E-state index contributed by atoms with van der Waals surface area (Å²) < 4.78 is 0. The summed E-state index contributed by atoms with van der Waals surface area (Å²) in [4.78, 5) is 10.2. The van der Waals surface area contributed by atoms with E-state index in [0.717, 1.165) is 0 Å². The molecule has 19 heavy (non-hydrogen) atoms. The predicted molar refractivity (Wildman–Crippen MR) is 74.0 cm³/mol. The molecule has 0 saturated heterocycles. The molecule has 6 heteroatoms. The van der Waals surface area contributed by atoms with E-state index < -0.39 is 24.1 Å². The van der Waals surface area contributed by atoms with E-state index in [0.29, 0.717) is 0 Å². The average molecular weight is 268 g/mol. The highest BCUT2D eigenvalue weighted by molar-refractivity contribution is 6.45. The second-order valence-corrected chi connectivity index (χ2v) is 5.36. The second kappa shape index (κ2) is 6.84. The molecule has 0 heterocycles. The van der Waals surface area contributed by atoms with Gasteiger partial charge in [0, 0.05) is 11.4 Å². The van der Waals surface area contributed by atoms with Gasteiger partial charge in [-0.1, -0.05) is 18.2 Å². The first kappa shape index (κ1) is 17.8. The monoisotopic (exact) mass is 268 g/mol. The Hall–Kier alpha value is -1.17. The minimum atomic E-state index is -1.52. The van der Waals surface area contributed by atoms with E-state index in [2.05, 4.69) is 0 Å². The minimum absolute atomic E-state index is 0.266. The lowest BCUT2D eigenvalue weighted by molar-refractivity contribution is -0.107. The van der Waals surface area contributed by atoms with Crippen molar-refractivity contribution in [1.29, 1.82) is 0 Å². The fourth-order valence-corrected chi connectivity index (χ4v) is 0.920. The quantitative estimate of drug-likeness (QED) is 0.425. The normalized spacial score (nSPS) is 18.5. The van der Waals surface area contributed by atoms with Gasteiger partial charge in [0.25, 0.3) is 0 Å². The molecule has 4 N–H and O–H groups in total. The summed E-state index contributed by atoms with van der Waals surface area (Å²) in [5, 5.41) is 35.7. The molecule has 106 valence electrons. The highest BCUT2D eigenvalue weighted by Crippen LogP contribution is 2.22. The lowest BCUT2D eigenvalue weighted by atomic mass is 9.67. The lowest BCUT2D eigenvalue weighted by Gasteiger charge is -2.31. The number of allylic oxidation sites excluding steroid dienone is 5. The highest BCUT2D eigenvalue weighted by atomic mass is 16.4. The van der Waals surface area contributed by atoms with Crippen LogP contribution in [0.1, 0.15) is 27.7 Å². The van der Waals surface area contributed by atoms with Crippen LogP contribution in [0.3, 0.4) is 0 Å². The van der Waals surface area contributed by atoms with E-state index in [1.54, 1.807) is 51.9 Å². The molecule has 0 aromatic heterocycles. The van der Waals surface area contributed by atoms with Crippen LogP contribution in [0, 0.1) is 0 Å². The first-order chi connectivity index (χ1) is 8.50. The van der Waals surface area contributed by atoms with Gasteiger partial charge in [-0.15, -0.1) is 0 Å². The van der Waals surface area contributed by atoms with Gasteiger partial charge in [-0.3, -0.25) is 0 Å². The SMILES string of the molecule is CC(C)(O)C(C)(C)O.O=C=C1C=CC=CC1B(O)O. The molecule has 1 rings (SSSR count). The van der Waals surface area contributed by atoms with Crippen molar-refractivity contribution in [3.63, 3.8) is 0 Å². The summed E-state index contributed by atoms with van der Waals surface area (Å²) in [5.74, 6) is 1.02. The van der Waals surface area contributed by atoms with Gasteiger partial charge in [0.05, 0.1) is 11.2 Å². The van der Waals surface area contributed by atoms with Gasteiger partial charge in [0.2, 0.25) is 0 Å². The van der Waals surface area contributed by atoms with Gasteiger partial charge < -0.3 is 20.3 Å². The first-order valence-electron chi connectivity index (χ1n) is 5.91. The third-order valence-electron chi connectivity index (χ3n) is 3.00. The molecule has 5 nitrogen and oxygen atoms in total. The van der Waals surface area contributed by atoms with E-state index in [1.165, 1.54) is 6.08 Å². The summed E-state index contributed by atoms with van der Waals surface area (Å²) in [5.41, 5.74) is -1.75. The average Bonchev–Trinajstić information content (AvgIpc) is 2.27. The number of rotatable bonds is 2. The number of carbonyl (C=O) groups excluding carboxylic acids is 1. The Morgan fingerprint density at radius 2 is 1.58 bits per heavy atom. The van der Waals surface area contributed by atoms with Gasteiger partial charge in [-0.25, -0.2) is 4.79 Å². The van der Waals surface area contributed by atoms with Gasteiger partial charge in [-0.05, 0) is 33.8 Å². The van der Waals surface area contributed by atoms with E-state index in [-0.39, 0.29) is 5.57 Å². The zero-order valence-electron chi connectivity index (χ0n) is 11.7. The van der Waals surface area contributed by atoms with Crippen molar-refractivity contribution in [3.05, 3.63) is 29.9 Å². The molecule has 0 aliphatic heterocycles. The minimum Gasteiger partial charge on any atom is -0.426 e. The van der Waals surface area contributed by atoms with Crippen molar-refractivity contribution >= 4 is 13.1 Å². The van der Waals surface area contributed by atoms with E-state index >= 15 is 0 Å². The molecule has 0 fully saturated rings. The molecule has 1 atom stereocenters. The Morgan fingerprint density at radius 1 is 1.11 bits per heavy atom. The fourth-order valence-electron chi connectivity index (χ4n) is 0.920. The van der Waals surface area contributed by atoms with E-state index in [1.807, 2.05) is 0 Å². The van der Waals surface area contributed by atoms with Crippen LogP contribution in [-0.2, 0) is 4.79 Å². The van der Waals surface area contributed by atoms with E-state index in [9.17, 15) is 4.79 Å². The summed E-state index contributed by atoms with van der Waals surface area (Å²) >= 11 is 0. The van der Waals surface area contributed by atoms with Crippen LogP contribution in [0.4, 0.5) is 0 Å². The molecule has 0 spiro atoms. The molecule has 0 bridgehead atoms. The molecule has 1 aliphatic carbocycles. The maximum absolute atomic E-state index is 10.2. The van der Waals surface area contributed by atoms with Crippen LogP contribution in [0.2, 0.25) is 5.82 Å². The Labute approximate surface area is 113 Å². The summed E-state index contributed by atoms with van der Waals surface area (Å²) in [7, 11) is -1.52. The van der Waals surface area contributed by atoms with Crippen molar-refractivity contribution in [3.8, 4) is 0 Å². The van der Waals surface area contributed by atoms with Crippen LogP contribution >= 0.6 is 0 Å². The van der Waals surface area contributed by atoms with Crippen molar-refractivity contribution in [2.45, 2.75) is 44.7 Å². The third kappa shape index (κ3) is 6.01. The Kier molecular flexibility index (Phi) is 6.42. The van der Waals surface area contributed by atoms with Crippen molar-refractivity contribution in [1.82, 2.24) is 0 Å². The molecular weight excluding hydrogens is 247 g/mol. The maximum atomic E-state index is 10.2. The summed E-state index contributed by atoms with van der Waals surface area (Å²) in [6.45, 7) is 6.31. The van der Waals surface area contributed by atoms with Crippen molar-refractivity contribution in [2.75, 3.05) is 0 Å². The predicted octanol–water partition coefficient (Wildman–Crippen LogP) is 0.242. The fraction of sp³-hybridized carbons (Fsp3) is 0.538. The molecule has 1 unspecified atom stereocenters. The Bertz CT molecular complexity index is 380. The van der Waals surface area contributed by atoms with Gasteiger partial charge in [0.1, 0.15) is 5.94 Å². The number of aliphatic hydroxyl groups is 2. The zero-order chi connectivity index (χ0) is 15.3. The van der Waals surface area contributed by atoms with Gasteiger partial charge in [0.15, 0.2) is 0 Å². The Morgan fingerprint density at radius 3 is 1.84 bits per heavy atom. The lowest BCUT2D eigenvalue weighted by Crippen LogP contribution is -2.44. The van der Waals surface area contributed by atoms with Crippen LogP contribution in [0.15, 0.2) is 29.9 Å². The van der Waals surface area contributed by atoms with Crippen LogP contribution in [-0.4, -0.2) is 44.5 Å². The molecule has 0 saturated carbocycles. The Balaban J connectivity index is 0.000000362. The summed E-state index contributed by atoms with van der Waals surface area (Å²) in [6.07, 6.45) is 6.37. The third-order valence-corrected chi connectivity index (χ3v) is 3.00. The number of hydrogen-bond acceptors (Lipinski definition) is 5. The van der Waals surface area contributed by atoms with Gasteiger partial charge >= 0.3 is 7.12 Å². The maximum Gasteiger partial charge on any atom is 0.464 e. The zero-order valence-corrected chi connectivity index (χ0v) is 11.7. The second-order valence-electron chi connectivity index (χ2n) is 5.36. The topological polar surface area (TPSA) is 98.0 Å². The summed E-state index contributed by atoms with van der Waals surface area (Å²) in [6, 6.07) is 0. The molecule has 1 aliphatic rings. The van der Waals surface area contributed by atoms with Crippen molar-refractivity contribution in [2.24, 2.45) is 0 Å². The molecule has 0 amide bonds.